The molecule has 0 bridgehead atoms. The fourth-order valence-corrected chi connectivity index (χ4v) is 3.56. The Morgan fingerprint density at radius 3 is 2.48 bits per heavy atom. The van der Waals surface area contributed by atoms with Crippen LogP contribution < -0.4 is 16.0 Å². The lowest BCUT2D eigenvalue weighted by molar-refractivity contribution is -0.137. The van der Waals surface area contributed by atoms with Crippen molar-refractivity contribution in [2.45, 2.75) is 17.6 Å². The first-order valence-electron chi connectivity index (χ1n) is 9.53. The highest BCUT2D eigenvalue weighted by molar-refractivity contribution is 7.90. The third-order valence-corrected chi connectivity index (χ3v) is 5.60. The van der Waals surface area contributed by atoms with E-state index >= 15 is 0 Å². The van der Waals surface area contributed by atoms with Gasteiger partial charge in [-0.15, -0.1) is 0 Å². The Morgan fingerprint density at radius 1 is 1.09 bits per heavy atom. The summed E-state index contributed by atoms with van der Waals surface area (Å²) in [5.41, 5.74) is 0.130. The number of aromatic nitrogens is 2. The second kappa shape index (κ2) is 9.45. The van der Waals surface area contributed by atoms with Crippen LogP contribution in [0.25, 0.3) is 0 Å². The lowest BCUT2D eigenvalue weighted by Crippen LogP contribution is -2.17. The summed E-state index contributed by atoms with van der Waals surface area (Å²) >= 11 is 0. The molecule has 3 rings (SSSR count). The number of hydrogen-bond donors (Lipinski definition) is 3. The van der Waals surface area contributed by atoms with Gasteiger partial charge in [0.2, 0.25) is 5.95 Å². The standard InChI is InChI=1S/C21H20F3N5O3S/c1-25-19(30)14-6-4-7-15(10-14)28-20-27-12-17(21(22,23)24)18(29-20)26-11-13-5-3-8-16(9-13)33(2,31)32/h3-10,12H,11H2,1-2H3,(H,25,30)(H2,26,27,28,29). The van der Waals surface area contributed by atoms with Crippen LogP contribution in [0.1, 0.15) is 21.5 Å². The number of benzene rings is 2. The van der Waals surface area contributed by atoms with Crippen LogP contribution in [0.5, 0.6) is 0 Å². The summed E-state index contributed by atoms with van der Waals surface area (Å²) in [7, 11) is -1.99. The van der Waals surface area contributed by atoms with Gasteiger partial charge in [0.05, 0.1) is 4.90 Å². The zero-order chi connectivity index (χ0) is 24.2. The molecule has 0 radical (unpaired) electrons. The van der Waals surface area contributed by atoms with Crippen LogP contribution in [0.2, 0.25) is 0 Å². The third kappa shape index (κ3) is 6.19. The number of rotatable bonds is 7. The summed E-state index contributed by atoms with van der Waals surface area (Å²) in [4.78, 5) is 19.5. The molecule has 1 amide bonds. The Balaban J connectivity index is 1.88. The van der Waals surface area contributed by atoms with Gasteiger partial charge in [0, 0.05) is 37.3 Å². The number of sulfone groups is 1. The van der Waals surface area contributed by atoms with Crippen LogP contribution in [0, 0.1) is 0 Å². The van der Waals surface area contributed by atoms with Crippen molar-refractivity contribution in [3.8, 4) is 0 Å². The molecule has 0 aliphatic heterocycles. The van der Waals surface area contributed by atoms with Gasteiger partial charge in [-0.1, -0.05) is 18.2 Å². The molecular weight excluding hydrogens is 459 g/mol. The molecule has 3 aromatic rings. The summed E-state index contributed by atoms with van der Waals surface area (Å²) in [6.45, 7) is -0.102. The second-order valence-electron chi connectivity index (χ2n) is 7.01. The maximum absolute atomic E-state index is 13.5. The quantitative estimate of drug-likeness (QED) is 0.474. The van der Waals surface area contributed by atoms with E-state index in [1.54, 1.807) is 24.3 Å². The predicted molar refractivity (Wildman–Crippen MR) is 117 cm³/mol. The number of nitrogens with zero attached hydrogens (tertiary/aromatic N) is 2. The van der Waals surface area contributed by atoms with Crippen molar-refractivity contribution >= 4 is 33.2 Å². The van der Waals surface area contributed by atoms with Gasteiger partial charge in [0.25, 0.3) is 5.91 Å². The summed E-state index contributed by atoms with van der Waals surface area (Å²) in [5.74, 6) is -0.928. The van der Waals surface area contributed by atoms with Crippen molar-refractivity contribution in [1.29, 1.82) is 0 Å². The van der Waals surface area contributed by atoms with Crippen LogP contribution in [0.3, 0.4) is 0 Å². The fraction of sp³-hybridized carbons (Fsp3) is 0.190. The Kier molecular flexibility index (Phi) is 6.86. The first-order chi connectivity index (χ1) is 15.5. The minimum Gasteiger partial charge on any atom is -0.365 e. The second-order valence-corrected chi connectivity index (χ2v) is 9.03. The lowest BCUT2D eigenvalue weighted by Gasteiger charge is -2.15. The SMILES string of the molecule is CNC(=O)c1cccc(Nc2ncc(C(F)(F)F)c(NCc3cccc(S(C)(=O)=O)c3)n2)c1. The number of alkyl halides is 3. The number of anilines is 3. The first kappa shape index (κ1) is 24.0. The van der Waals surface area contributed by atoms with Gasteiger partial charge in [0.1, 0.15) is 11.4 Å². The molecule has 0 saturated heterocycles. The minimum atomic E-state index is -4.71. The molecule has 2 aromatic carbocycles. The summed E-state index contributed by atoms with van der Waals surface area (Å²) in [5, 5.41) is 7.87. The highest BCUT2D eigenvalue weighted by Crippen LogP contribution is 2.34. The van der Waals surface area contributed by atoms with E-state index in [0.29, 0.717) is 23.0 Å². The van der Waals surface area contributed by atoms with E-state index in [0.717, 1.165) is 6.26 Å². The van der Waals surface area contributed by atoms with E-state index in [2.05, 4.69) is 25.9 Å². The zero-order valence-electron chi connectivity index (χ0n) is 17.6. The fourth-order valence-electron chi connectivity index (χ4n) is 2.87. The molecular formula is C21H20F3N5O3S. The average Bonchev–Trinajstić information content (AvgIpc) is 2.76. The van der Waals surface area contributed by atoms with E-state index in [-0.39, 0.29) is 23.3 Å². The zero-order valence-corrected chi connectivity index (χ0v) is 18.4. The van der Waals surface area contributed by atoms with Gasteiger partial charge in [-0.25, -0.2) is 13.4 Å². The van der Waals surface area contributed by atoms with Crippen LogP contribution in [0.4, 0.5) is 30.6 Å². The van der Waals surface area contributed by atoms with Crippen molar-refractivity contribution in [3.05, 3.63) is 71.4 Å². The largest absolute Gasteiger partial charge is 0.421 e. The molecule has 0 unspecified atom stereocenters. The Morgan fingerprint density at radius 2 is 1.82 bits per heavy atom. The predicted octanol–water partition coefficient (Wildman–Crippen LogP) is 3.61. The van der Waals surface area contributed by atoms with E-state index in [4.69, 9.17) is 0 Å². The van der Waals surface area contributed by atoms with E-state index in [1.807, 2.05) is 0 Å². The summed E-state index contributed by atoms with van der Waals surface area (Å²) in [6.07, 6.45) is -3.02. The van der Waals surface area contributed by atoms with Crippen molar-refractivity contribution < 1.29 is 26.4 Å². The molecule has 0 aliphatic rings. The van der Waals surface area contributed by atoms with E-state index in [9.17, 15) is 26.4 Å². The van der Waals surface area contributed by atoms with Crippen molar-refractivity contribution in [1.82, 2.24) is 15.3 Å². The van der Waals surface area contributed by atoms with Gasteiger partial charge >= 0.3 is 6.18 Å². The number of amides is 1. The summed E-state index contributed by atoms with van der Waals surface area (Å²) in [6, 6.07) is 12.2. The molecule has 0 fully saturated rings. The first-order valence-corrected chi connectivity index (χ1v) is 11.4. The van der Waals surface area contributed by atoms with Crippen LogP contribution in [-0.2, 0) is 22.6 Å². The van der Waals surface area contributed by atoms with Crippen LogP contribution in [0.15, 0.2) is 59.6 Å². The van der Waals surface area contributed by atoms with Gasteiger partial charge in [-0.3, -0.25) is 4.79 Å². The number of carbonyl (C=O) groups is 1. The maximum Gasteiger partial charge on any atom is 0.421 e. The average molecular weight is 479 g/mol. The van der Waals surface area contributed by atoms with Gasteiger partial charge in [-0.05, 0) is 35.9 Å². The Labute approximate surface area is 188 Å². The number of carbonyl (C=O) groups excluding carboxylic acids is 1. The van der Waals surface area contributed by atoms with Crippen molar-refractivity contribution in [2.75, 3.05) is 23.9 Å². The minimum absolute atomic E-state index is 0.0545. The Bertz CT molecular complexity index is 1280. The molecule has 1 heterocycles. The maximum atomic E-state index is 13.5. The van der Waals surface area contributed by atoms with Crippen LogP contribution in [-0.4, -0.2) is 37.6 Å². The van der Waals surface area contributed by atoms with E-state index in [1.165, 1.54) is 31.3 Å². The van der Waals surface area contributed by atoms with E-state index < -0.39 is 27.4 Å². The lowest BCUT2D eigenvalue weighted by atomic mass is 10.2. The molecule has 12 heteroatoms. The number of hydrogen-bond acceptors (Lipinski definition) is 7. The van der Waals surface area contributed by atoms with Gasteiger partial charge < -0.3 is 16.0 Å². The molecule has 0 spiro atoms. The highest BCUT2D eigenvalue weighted by Gasteiger charge is 2.35. The molecule has 1 aromatic heterocycles. The normalized spacial score (nSPS) is 11.7. The van der Waals surface area contributed by atoms with Crippen molar-refractivity contribution in [3.63, 3.8) is 0 Å². The number of nitrogens with one attached hydrogen (secondary N) is 3. The highest BCUT2D eigenvalue weighted by atomic mass is 32.2. The smallest absolute Gasteiger partial charge is 0.365 e. The molecule has 8 nitrogen and oxygen atoms in total. The third-order valence-electron chi connectivity index (χ3n) is 4.49. The molecule has 33 heavy (non-hydrogen) atoms. The van der Waals surface area contributed by atoms with Gasteiger partial charge in [-0.2, -0.15) is 18.2 Å². The topological polar surface area (TPSA) is 113 Å². The summed E-state index contributed by atoms with van der Waals surface area (Å²) < 4.78 is 63.9. The van der Waals surface area contributed by atoms with Gasteiger partial charge in [0.15, 0.2) is 9.84 Å². The molecule has 0 aliphatic carbocycles. The van der Waals surface area contributed by atoms with Crippen molar-refractivity contribution in [2.24, 2.45) is 0 Å². The number of halogens is 3. The monoisotopic (exact) mass is 479 g/mol. The molecule has 174 valence electrons. The molecule has 0 saturated carbocycles. The van der Waals surface area contributed by atoms with Crippen LogP contribution >= 0.6 is 0 Å². The Hall–Kier alpha value is -3.67. The molecule has 3 N–H and O–H groups in total. The molecule has 0 atom stereocenters.